The molecule has 1 amide bonds. The van der Waals surface area contributed by atoms with E-state index in [9.17, 15) is 18.7 Å². The van der Waals surface area contributed by atoms with Crippen LogP contribution in [0.25, 0.3) is 0 Å². The summed E-state index contributed by atoms with van der Waals surface area (Å²) in [7, 11) is 0. The molecule has 4 N–H and O–H groups in total. The third kappa shape index (κ3) is 6.85. The van der Waals surface area contributed by atoms with Gasteiger partial charge < -0.3 is 20.8 Å². The van der Waals surface area contributed by atoms with Gasteiger partial charge in [0, 0.05) is 22.7 Å². The first-order chi connectivity index (χ1) is 12.3. The number of carbonyl (C=O) groups is 1. The molecule has 0 aliphatic heterocycles. The van der Waals surface area contributed by atoms with Gasteiger partial charge in [0.1, 0.15) is 11.6 Å². The molecule has 2 aromatic carbocycles. The smallest absolute Gasteiger partial charge is 0.404 e. The molecule has 26 heavy (non-hydrogen) atoms. The number of carboxylic acid groups (broad SMARTS) is 1. The molecule has 2 rings (SSSR count). The summed E-state index contributed by atoms with van der Waals surface area (Å²) < 4.78 is 27.7. The standard InChI is InChI=1S/C18H19F2IN2O3/c19-13-4-12(5-14(20)8-13)7-16(23-18(25)26)17(24)10-22-9-11-2-1-3-15(21)6-11/h1-6,8,16-17,22-24H,7,9-10H2,(H,25,26)/t16-,17-/m0/s1. The average molecular weight is 476 g/mol. The van der Waals surface area contributed by atoms with Crippen LogP contribution in [0.5, 0.6) is 0 Å². The van der Waals surface area contributed by atoms with E-state index in [4.69, 9.17) is 5.11 Å². The summed E-state index contributed by atoms with van der Waals surface area (Å²) in [5.74, 6) is -1.50. The first kappa shape index (κ1) is 20.5. The molecule has 0 unspecified atom stereocenters. The molecule has 2 aromatic rings. The Hall–Kier alpha value is -1.78. The molecule has 0 heterocycles. The van der Waals surface area contributed by atoms with Gasteiger partial charge in [0.2, 0.25) is 0 Å². The molecule has 0 spiro atoms. The highest BCUT2D eigenvalue weighted by atomic mass is 127. The van der Waals surface area contributed by atoms with E-state index in [1.54, 1.807) is 0 Å². The molecular weight excluding hydrogens is 457 g/mol. The van der Waals surface area contributed by atoms with E-state index in [1.165, 1.54) is 0 Å². The van der Waals surface area contributed by atoms with Gasteiger partial charge >= 0.3 is 6.09 Å². The van der Waals surface area contributed by atoms with Crippen molar-refractivity contribution in [3.63, 3.8) is 0 Å². The average Bonchev–Trinajstić information content (AvgIpc) is 2.53. The number of hydrogen-bond acceptors (Lipinski definition) is 3. The number of aliphatic hydroxyl groups is 1. The monoisotopic (exact) mass is 476 g/mol. The van der Waals surface area contributed by atoms with Gasteiger partial charge in [-0.05, 0) is 64.4 Å². The third-order valence-corrected chi connectivity index (χ3v) is 4.39. The Morgan fingerprint density at radius 3 is 2.42 bits per heavy atom. The van der Waals surface area contributed by atoms with E-state index in [0.717, 1.165) is 27.3 Å². The van der Waals surface area contributed by atoms with Crippen LogP contribution in [0.1, 0.15) is 11.1 Å². The predicted octanol–water partition coefficient (Wildman–Crippen LogP) is 2.90. The third-order valence-electron chi connectivity index (χ3n) is 3.72. The largest absolute Gasteiger partial charge is 0.465 e. The highest BCUT2D eigenvalue weighted by Crippen LogP contribution is 2.12. The molecule has 0 aliphatic rings. The molecular formula is C18H19F2IN2O3. The maximum Gasteiger partial charge on any atom is 0.404 e. The molecule has 0 bridgehead atoms. The normalized spacial score (nSPS) is 13.2. The lowest BCUT2D eigenvalue weighted by Gasteiger charge is -2.23. The van der Waals surface area contributed by atoms with E-state index in [0.29, 0.717) is 6.54 Å². The van der Waals surface area contributed by atoms with Crippen LogP contribution in [0.2, 0.25) is 0 Å². The Balaban J connectivity index is 1.97. The van der Waals surface area contributed by atoms with Gasteiger partial charge in [-0.1, -0.05) is 12.1 Å². The molecule has 2 atom stereocenters. The van der Waals surface area contributed by atoms with Crippen LogP contribution in [0.3, 0.4) is 0 Å². The van der Waals surface area contributed by atoms with Crippen molar-refractivity contribution in [2.75, 3.05) is 6.54 Å². The maximum atomic E-state index is 13.3. The fraction of sp³-hybridized carbons (Fsp3) is 0.278. The summed E-state index contributed by atoms with van der Waals surface area (Å²) in [6.45, 7) is 0.622. The van der Waals surface area contributed by atoms with Crippen LogP contribution < -0.4 is 10.6 Å². The number of benzene rings is 2. The lowest BCUT2D eigenvalue weighted by atomic mass is 10.0. The second-order valence-electron chi connectivity index (χ2n) is 5.87. The zero-order chi connectivity index (χ0) is 19.1. The Morgan fingerprint density at radius 1 is 1.12 bits per heavy atom. The van der Waals surface area contributed by atoms with E-state index >= 15 is 0 Å². The van der Waals surface area contributed by atoms with Crippen molar-refractivity contribution < 1.29 is 23.8 Å². The Labute approximate surface area is 163 Å². The molecule has 0 fully saturated rings. The van der Waals surface area contributed by atoms with Gasteiger partial charge in [-0.3, -0.25) is 0 Å². The molecule has 5 nitrogen and oxygen atoms in total. The first-order valence-corrected chi connectivity index (χ1v) is 8.99. The number of aliphatic hydroxyl groups excluding tert-OH is 1. The fourth-order valence-electron chi connectivity index (χ4n) is 2.58. The van der Waals surface area contributed by atoms with E-state index in [1.807, 2.05) is 24.3 Å². The van der Waals surface area contributed by atoms with Gasteiger partial charge in [0.05, 0.1) is 12.1 Å². The molecule has 8 heteroatoms. The lowest BCUT2D eigenvalue weighted by molar-refractivity contribution is 0.117. The van der Waals surface area contributed by atoms with Crippen molar-refractivity contribution in [3.8, 4) is 0 Å². The lowest BCUT2D eigenvalue weighted by Crippen LogP contribution is -2.48. The van der Waals surface area contributed by atoms with Crippen LogP contribution in [-0.2, 0) is 13.0 Å². The second kappa shape index (κ2) is 9.79. The first-order valence-electron chi connectivity index (χ1n) is 7.91. The molecule has 0 saturated carbocycles. The molecule has 140 valence electrons. The van der Waals surface area contributed by atoms with E-state index < -0.39 is 29.9 Å². The van der Waals surface area contributed by atoms with Gasteiger partial charge in [-0.2, -0.15) is 0 Å². The fourth-order valence-corrected chi connectivity index (χ4v) is 3.19. The van der Waals surface area contributed by atoms with Gasteiger partial charge in [0.15, 0.2) is 0 Å². The molecule has 0 radical (unpaired) electrons. The van der Waals surface area contributed by atoms with Crippen molar-refractivity contribution in [2.45, 2.75) is 25.1 Å². The van der Waals surface area contributed by atoms with Gasteiger partial charge in [-0.25, -0.2) is 13.6 Å². The minimum Gasteiger partial charge on any atom is -0.465 e. The molecule has 0 aromatic heterocycles. The van der Waals surface area contributed by atoms with Crippen LogP contribution in [-0.4, -0.2) is 35.0 Å². The summed E-state index contributed by atoms with van der Waals surface area (Å²) in [5.41, 5.74) is 1.29. The summed E-state index contributed by atoms with van der Waals surface area (Å²) in [5, 5.41) is 24.5. The minimum absolute atomic E-state index is 0.0347. The Morgan fingerprint density at radius 2 is 1.81 bits per heavy atom. The van der Waals surface area contributed by atoms with Crippen molar-refractivity contribution in [1.29, 1.82) is 0 Å². The summed E-state index contributed by atoms with van der Waals surface area (Å²) >= 11 is 2.20. The van der Waals surface area contributed by atoms with Crippen LogP contribution in [0.15, 0.2) is 42.5 Å². The summed E-state index contributed by atoms with van der Waals surface area (Å²) in [4.78, 5) is 11.0. The van der Waals surface area contributed by atoms with Crippen LogP contribution in [0.4, 0.5) is 13.6 Å². The second-order valence-corrected chi connectivity index (χ2v) is 7.11. The SMILES string of the molecule is O=C(O)N[C@@H](Cc1cc(F)cc(F)c1)[C@@H](O)CNCc1cccc(I)c1. The molecule has 0 saturated heterocycles. The summed E-state index contributed by atoms with van der Waals surface area (Å²) in [6.07, 6.45) is -2.42. The van der Waals surface area contributed by atoms with Gasteiger partial charge in [0.25, 0.3) is 0 Å². The number of amides is 1. The minimum atomic E-state index is -1.32. The number of halogens is 3. The maximum absolute atomic E-state index is 13.3. The van der Waals surface area contributed by atoms with Crippen LogP contribution >= 0.6 is 22.6 Å². The number of hydrogen-bond donors (Lipinski definition) is 4. The molecule has 0 aliphatic carbocycles. The number of nitrogens with one attached hydrogen (secondary N) is 2. The van der Waals surface area contributed by atoms with Crippen LogP contribution in [0, 0.1) is 15.2 Å². The van der Waals surface area contributed by atoms with Crippen molar-refractivity contribution in [1.82, 2.24) is 10.6 Å². The quantitative estimate of drug-likeness (QED) is 0.442. The summed E-state index contributed by atoms with van der Waals surface area (Å²) in [6, 6.07) is 9.87. The predicted molar refractivity (Wildman–Crippen MR) is 102 cm³/mol. The van der Waals surface area contributed by atoms with Crippen molar-refractivity contribution >= 4 is 28.7 Å². The topological polar surface area (TPSA) is 81.6 Å². The van der Waals surface area contributed by atoms with E-state index in [-0.39, 0.29) is 18.5 Å². The van der Waals surface area contributed by atoms with E-state index in [2.05, 4.69) is 33.2 Å². The highest BCUT2D eigenvalue weighted by Gasteiger charge is 2.22. The zero-order valence-corrected chi connectivity index (χ0v) is 15.9. The Kier molecular flexibility index (Phi) is 7.73. The Bertz CT molecular complexity index is 741. The van der Waals surface area contributed by atoms with Crippen molar-refractivity contribution in [3.05, 3.63) is 68.8 Å². The van der Waals surface area contributed by atoms with Gasteiger partial charge in [-0.15, -0.1) is 0 Å². The van der Waals surface area contributed by atoms with Crippen molar-refractivity contribution in [2.24, 2.45) is 0 Å². The number of rotatable bonds is 8. The zero-order valence-electron chi connectivity index (χ0n) is 13.8. The highest BCUT2D eigenvalue weighted by molar-refractivity contribution is 14.1.